The molecule has 1 aromatic carbocycles. The van der Waals surface area contributed by atoms with Gasteiger partial charge >= 0.3 is 11.9 Å². The summed E-state index contributed by atoms with van der Waals surface area (Å²) in [4.78, 5) is 22.9. The fourth-order valence-electron chi connectivity index (χ4n) is 1.65. The molecule has 4 heteroatoms. The Kier molecular flexibility index (Phi) is 7.34. The molecule has 23 heavy (non-hydrogen) atoms. The minimum atomic E-state index is -0.320. The molecule has 0 amide bonds. The van der Waals surface area contributed by atoms with Gasteiger partial charge in [0, 0.05) is 12.0 Å². The lowest BCUT2D eigenvalue weighted by molar-refractivity contribution is -0.140. The van der Waals surface area contributed by atoms with Crippen LogP contribution in [0.15, 0.2) is 24.3 Å². The van der Waals surface area contributed by atoms with Crippen molar-refractivity contribution in [2.45, 2.75) is 40.0 Å². The standard InChI is InChI=1S/C19H24O4/c1-19(2,3)13-14-23-18(21)16-11-9-15(10-12-16)7-5-6-8-17(20)22-4/h9-12H,6,8,13-14H2,1-4H3. The smallest absolute Gasteiger partial charge is 0.338 e. The van der Waals surface area contributed by atoms with Crippen LogP contribution in [0.3, 0.4) is 0 Å². The molecule has 4 nitrogen and oxygen atoms in total. The molecular formula is C19H24O4. The molecule has 0 aromatic heterocycles. The quantitative estimate of drug-likeness (QED) is 0.615. The molecule has 0 fully saturated rings. The van der Waals surface area contributed by atoms with Gasteiger partial charge in [-0.05, 0) is 36.1 Å². The van der Waals surface area contributed by atoms with Crippen molar-refractivity contribution in [3.63, 3.8) is 0 Å². The molecule has 0 saturated heterocycles. The van der Waals surface area contributed by atoms with Crippen molar-refractivity contribution in [2.75, 3.05) is 13.7 Å². The van der Waals surface area contributed by atoms with Gasteiger partial charge in [-0.15, -0.1) is 0 Å². The number of hydrogen-bond donors (Lipinski definition) is 0. The summed E-state index contributed by atoms with van der Waals surface area (Å²) in [6, 6.07) is 6.93. The Balaban J connectivity index is 2.48. The number of benzene rings is 1. The van der Waals surface area contributed by atoms with E-state index in [0.29, 0.717) is 18.6 Å². The Morgan fingerprint density at radius 3 is 2.35 bits per heavy atom. The Morgan fingerprint density at radius 1 is 1.13 bits per heavy atom. The zero-order chi connectivity index (χ0) is 17.3. The maximum atomic E-state index is 11.9. The summed E-state index contributed by atoms with van der Waals surface area (Å²) in [5.74, 6) is 5.25. The highest BCUT2D eigenvalue weighted by Crippen LogP contribution is 2.18. The maximum absolute atomic E-state index is 11.9. The molecule has 0 unspecified atom stereocenters. The molecule has 0 radical (unpaired) electrons. The summed E-state index contributed by atoms with van der Waals surface area (Å²) in [6.45, 7) is 6.73. The molecule has 0 aliphatic heterocycles. The average Bonchev–Trinajstić information content (AvgIpc) is 2.50. The molecule has 0 atom stereocenters. The topological polar surface area (TPSA) is 52.6 Å². The number of rotatable bonds is 5. The monoisotopic (exact) mass is 316 g/mol. The van der Waals surface area contributed by atoms with Crippen molar-refractivity contribution in [3.8, 4) is 11.8 Å². The van der Waals surface area contributed by atoms with Gasteiger partial charge in [-0.2, -0.15) is 0 Å². The highest BCUT2D eigenvalue weighted by molar-refractivity contribution is 5.89. The number of carbonyl (C=O) groups is 2. The highest BCUT2D eigenvalue weighted by Gasteiger charge is 2.12. The van der Waals surface area contributed by atoms with Gasteiger partial charge < -0.3 is 9.47 Å². The van der Waals surface area contributed by atoms with Crippen LogP contribution in [0.4, 0.5) is 0 Å². The lowest BCUT2D eigenvalue weighted by Gasteiger charge is -2.17. The second-order valence-corrected chi connectivity index (χ2v) is 6.40. The van der Waals surface area contributed by atoms with E-state index >= 15 is 0 Å². The van der Waals surface area contributed by atoms with Crippen molar-refractivity contribution in [2.24, 2.45) is 5.41 Å². The van der Waals surface area contributed by atoms with Crippen LogP contribution in [0.1, 0.15) is 56.0 Å². The van der Waals surface area contributed by atoms with Crippen LogP contribution in [0.5, 0.6) is 0 Å². The minimum absolute atomic E-state index is 0.143. The van der Waals surface area contributed by atoms with Crippen molar-refractivity contribution in [3.05, 3.63) is 35.4 Å². The lowest BCUT2D eigenvalue weighted by Crippen LogP contribution is -2.13. The van der Waals surface area contributed by atoms with E-state index in [2.05, 4.69) is 37.3 Å². The summed E-state index contributed by atoms with van der Waals surface area (Å²) in [6.07, 6.45) is 1.55. The van der Waals surface area contributed by atoms with Gasteiger partial charge in [0.1, 0.15) is 0 Å². The first-order chi connectivity index (χ1) is 10.8. The predicted octanol–water partition coefficient (Wildman–Crippen LogP) is 3.58. The number of carbonyl (C=O) groups excluding carboxylic acids is 2. The average molecular weight is 316 g/mol. The van der Waals surface area contributed by atoms with Crippen molar-refractivity contribution >= 4 is 11.9 Å². The van der Waals surface area contributed by atoms with E-state index in [1.165, 1.54) is 7.11 Å². The van der Waals surface area contributed by atoms with Gasteiger partial charge in [-0.1, -0.05) is 32.6 Å². The fraction of sp³-hybridized carbons (Fsp3) is 0.474. The van der Waals surface area contributed by atoms with E-state index in [1.54, 1.807) is 24.3 Å². The molecule has 0 saturated carbocycles. The summed E-state index contributed by atoms with van der Waals surface area (Å²) in [5.41, 5.74) is 1.45. The molecule has 0 N–H and O–H groups in total. The number of ether oxygens (including phenoxy) is 2. The first kappa shape index (κ1) is 18.8. The largest absolute Gasteiger partial charge is 0.469 e. The van der Waals surface area contributed by atoms with Crippen LogP contribution < -0.4 is 0 Å². The molecule has 0 bridgehead atoms. The van der Waals surface area contributed by atoms with E-state index in [0.717, 1.165) is 12.0 Å². The Morgan fingerprint density at radius 2 is 1.78 bits per heavy atom. The summed E-state index contributed by atoms with van der Waals surface area (Å²) in [5, 5.41) is 0. The van der Waals surface area contributed by atoms with E-state index in [4.69, 9.17) is 4.74 Å². The van der Waals surface area contributed by atoms with Crippen molar-refractivity contribution in [1.29, 1.82) is 0 Å². The molecule has 0 aliphatic rings. The van der Waals surface area contributed by atoms with E-state index < -0.39 is 0 Å². The molecule has 0 heterocycles. The SMILES string of the molecule is COC(=O)CCC#Cc1ccc(C(=O)OCCC(C)(C)C)cc1. The lowest BCUT2D eigenvalue weighted by atomic mass is 9.93. The third-order valence-corrected chi connectivity index (χ3v) is 3.12. The molecule has 0 aliphatic carbocycles. The minimum Gasteiger partial charge on any atom is -0.469 e. The zero-order valence-electron chi connectivity index (χ0n) is 14.3. The predicted molar refractivity (Wildman–Crippen MR) is 88.9 cm³/mol. The fourth-order valence-corrected chi connectivity index (χ4v) is 1.65. The van der Waals surface area contributed by atoms with E-state index in [-0.39, 0.29) is 23.8 Å². The second kappa shape index (κ2) is 8.99. The van der Waals surface area contributed by atoms with Crippen molar-refractivity contribution in [1.82, 2.24) is 0 Å². The van der Waals surface area contributed by atoms with E-state index in [9.17, 15) is 9.59 Å². The second-order valence-electron chi connectivity index (χ2n) is 6.40. The number of esters is 2. The van der Waals surface area contributed by atoms with Gasteiger partial charge in [0.25, 0.3) is 0 Å². The first-order valence-corrected chi connectivity index (χ1v) is 7.65. The van der Waals surface area contributed by atoms with Crippen LogP contribution in [0.2, 0.25) is 0 Å². The summed E-state index contributed by atoms with van der Waals surface area (Å²) in [7, 11) is 1.36. The van der Waals surface area contributed by atoms with Gasteiger partial charge in [0.05, 0.1) is 25.7 Å². The van der Waals surface area contributed by atoms with Crippen LogP contribution >= 0.6 is 0 Å². The summed E-state index contributed by atoms with van der Waals surface area (Å²) < 4.78 is 9.79. The molecular weight excluding hydrogens is 292 g/mol. The van der Waals surface area contributed by atoms with Gasteiger partial charge in [-0.3, -0.25) is 4.79 Å². The first-order valence-electron chi connectivity index (χ1n) is 7.65. The van der Waals surface area contributed by atoms with Gasteiger partial charge in [0.15, 0.2) is 0 Å². The zero-order valence-corrected chi connectivity index (χ0v) is 14.3. The normalized spacial score (nSPS) is 10.4. The number of hydrogen-bond acceptors (Lipinski definition) is 4. The molecule has 124 valence electrons. The van der Waals surface area contributed by atoms with Crippen LogP contribution in [-0.2, 0) is 14.3 Å². The Hall–Kier alpha value is -2.28. The van der Waals surface area contributed by atoms with Crippen molar-refractivity contribution < 1.29 is 19.1 Å². The van der Waals surface area contributed by atoms with Crippen LogP contribution in [0, 0.1) is 17.3 Å². The molecule has 0 spiro atoms. The Labute approximate surface area is 138 Å². The molecule has 1 rings (SSSR count). The highest BCUT2D eigenvalue weighted by atomic mass is 16.5. The number of methoxy groups -OCH3 is 1. The Bertz CT molecular complexity index is 583. The third-order valence-electron chi connectivity index (χ3n) is 3.12. The van der Waals surface area contributed by atoms with Gasteiger partial charge in [0.2, 0.25) is 0 Å². The van der Waals surface area contributed by atoms with Gasteiger partial charge in [-0.25, -0.2) is 4.79 Å². The third kappa shape index (κ3) is 8.06. The van der Waals surface area contributed by atoms with Crippen LogP contribution in [-0.4, -0.2) is 25.7 Å². The maximum Gasteiger partial charge on any atom is 0.338 e. The van der Waals surface area contributed by atoms with E-state index in [1.807, 2.05) is 0 Å². The summed E-state index contributed by atoms with van der Waals surface area (Å²) >= 11 is 0. The molecule has 1 aromatic rings. The van der Waals surface area contributed by atoms with Crippen LogP contribution in [0.25, 0.3) is 0 Å².